The molecule has 100 valence electrons. The summed E-state index contributed by atoms with van der Waals surface area (Å²) >= 11 is 0. The van der Waals surface area contributed by atoms with Gasteiger partial charge < -0.3 is 10.6 Å². The van der Waals surface area contributed by atoms with Crippen molar-refractivity contribution >= 4 is 5.91 Å². The minimum Gasteiger partial charge on any atom is -0.336 e. The van der Waals surface area contributed by atoms with Crippen LogP contribution in [0.25, 0.3) is 0 Å². The first kappa shape index (κ1) is 14.7. The number of rotatable bonds is 6. The predicted octanol–water partition coefficient (Wildman–Crippen LogP) is 2.45. The van der Waals surface area contributed by atoms with E-state index in [0.717, 1.165) is 30.5 Å². The molecular weight excluding hydrogens is 224 g/mol. The van der Waals surface area contributed by atoms with Crippen LogP contribution in [-0.2, 0) is 6.42 Å². The minimum absolute atomic E-state index is 0.121. The van der Waals surface area contributed by atoms with E-state index in [2.05, 4.69) is 20.8 Å². The van der Waals surface area contributed by atoms with Gasteiger partial charge in [-0.3, -0.25) is 4.79 Å². The number of hydrogen-bond acceptors (Lipinski definition) is 2. The standard InChI is InChI=1S/C15H24N2O/c1-4-11-17(12(2)3)15(18)14-8-6-5-7-13(14)9-10-16/h5-8,12H,4,9-11,16H2,1-3H3. The summed E-state index contributed by atoms with van der Waals surface area (Å²) in [6, 6.07) is 7.99. The number of carbonyl (C=O) groups is 1. The largest absolute Gasteiger partial charge is 0.336 e. The van der Waals surface area contributed by atoms with E-state index in [9.17, 15) is 4.79 Å². The lowest BCUT2D eigenvalue weighted by Crippen LogP contribution is -2.38. The molecule has 1 rings (SSSR count). The van der Waals surface area contributed by atoms with Crippen LogP contribution >= 0.6 is 0 Å². The zero-order chi connectivity index (χ0) is 13.5. The lowest BCUT2D eigenvalue weighted by molar-refractivity contribution is 0.0705. The van der Waals surface area contributed by atoms with Gasteiger partial charge in [-0.15, -0.1) is 0 Å². The highest BCUT2D eigenvalue weighted by Gasteiger charge is 2.19. The van der Waals surface area contributed by atoms with Gasteiger partial charge in [0, 0.05) is 18.2 Å². The molecule has 0 bridgehead atoms. The summed E-state index contributed by atoms with van der Waals surface area (Å²) < 4.78 is 0. The summed E-state index contributed by atoms with van der Waals surface area (Å²) in [7, 11) is 0. The summed E-state index contributed by atoms with van der Waals surface area (Å²) in [5.41, 5.74) is 7.44. The maximum absolute atomic E-state index is 12.6. The maximum atomic E-state index is 12.6. The van der Waals surface area contributed by atoms with Gasteiger partial charge in [-0.25, -0.2) is 0 Å². The Kier molecular flexibility index (Phi) is 5.86. The summed E-state index contributed by atoms with van der Waals surface area (Å²) in [5, 5.41) is 0. The summed E-state index contributed by atoms with van der Waals surface area (Å²) in [6.07, 6.45) is 1.73. The van der Waals surface area contributed by atoms with Gasteiger partial charge in [-0.05, 0) is 44.9 Å². The summed E-state index contributed by atoms with van der Waals surface area (Å²) in [4.78, 5) is 14.5. The molecule has 1 amide bonds. The van der Waals surface area contributed by atoms with Crippen LogP contribution in [0.5, 0.6) is 0 Å². The van der Waals surface area contributed by atoms with Gasteiger partial charge in [0.05, 0.1) is 0 Å². The molecule has 0 aromatic heterocycles. The van der Waals surface area contributed by atoms with E-state index in [1.54, 1.807) is 0 Å². The molecule has 0 aliphatic carbocycles. The van der Waals surface area contributed by atoms with Crippen molar-refractivity contribution < 1.29 is 4.79 Å². The molecule has 0 unspecified atom stereocenters. The van der Waals surface area contributed by atoms with Crippen molar-refractivity contribution in [2.75, 3.05) is 13.1 Å². The van der Waals surface area contributed by atoms with Crippen LogP contribution in [0.1, 0.15) is 43.1 Å². The van der Waals surface area contributed by atoms with Crippen LogP contribution < -0.4 is 5.73 Å². The molecule has 0 aliphatic heterocycles. The topological polar surface area (TPSA) is 46.3 Å². The number of nitrogens with zero attached hydrogens (tertiary/aromatic N) is 1. The average molecular weight is 248 g/mol. The fraction of sp³-hybridized carbons (Fsp3) is 0.533. The number of carbonyl (C=O) groups excluding carboxylic acids is 1. The highest BCUT2D eigenvalue weighted by molar-refractivity contribution is 5.95. The van der Waals surface area contributed by atoms with Gasteiger partial charge in [0.25, 0.3) is 5.91 Å². The van der Waals surface area contributed by atoms with Crippen LogP contribution in [0.15, 0.2) is 24.3 Å². The number of benzene rings is 1. The van der Waals surface area contributed by atoms with Gasteiger partial charge in [-0.2, -0.15) is 0 Å². The van der Waals surface area contributed by atoms with E-state index in [-0.39, 0.29) is 11.9 Å². The molecule has 1 aromatic carbocycles. The molecule has 0 aliphatic rings. The van der Waals surface area contributed by atoms with E-state index in [0.29, 0.717) is 6.54 Å². The second-order valence-electron chi connectivity index (χ2n) is 4.79. The zero-order valence-electron chi connectivity index (χ0n) is 11.6. The molecule has 0 heterocycles. The average Bonchev–Trinajstić information content (AvgIpc) is 2.36. The third kappa shape index (κ3) is 3.57. The fourth-order valence-electron chi connectivity index (χ4n) is 2.09. The molecule has 0 fully saturated rings. The number of hydrogen-bond donors (Lipinski definition) is 1. The van der Waals surface area contributed by atoms with Crippen LogP contribution in [0.3, 0.4) is 0 Å². The summed E-state index contributed by atoms with van der Waals surface area (Å²) in [5.74, 6) is 0.121. The number of amides is 1. The molecule has 0 saturated carbocycles. The monoisotopic (exact) mass is 248 g/mol. The Morgan fingerprint density at radius 1 is 1.33 bits per heavy atom. The Bertz CT molecular complexity index is 388. The van der Waals surface area contributed by atoms with E-state index in [1.165, 1.54) is 0 Å². The molecule has 3 heteroatoms. The highest BCUT2D eigenvalue weighted by Crippen LogP contribution is 2.14. The molecule has 0 spiro atoms. The smallest absolute Gasteiger partial charge is 0.254 e. The van der Waals surface area contributed by atoms with E-state index in [1.807, 2.05) is 29.2 Å². The Balaban J connectivity index is 3.00. The fourth-order valence-corrected chi connectivity index (χ4v) is 2.09. The highest BCUT2D eigenvalue weighted by atomic mass is 16.2. The Labute approximate surface area is 110 Å². The van der Waals surface area contributed by atoms with Crippen LogP contribution in [0.2, 0.25) is 0 Å². The van der Waals surface area contributed by atoms with E-state index in [4.69, 9.17) is 5.73 Å². The normalized spacial score (nSPS) is 10.7. The first-order valence-electron chi connectivity index (χ1n) is 6.70. The zero-order valence-corrected chi connectivity index (χ0v) is 11.6. The van der Waals surface area contributed by atoms with Crippen molar-refractivity contribution in [3.05, 3.63) is 35.4 Å². The van der Waals surface area contributed by atoms with Gasteiger partial charge in [0.1, 0.15) is 0 Å². The Hall–Kier alpha value is -1.35. The van der Waals surface area contributed by atoms with Gasteiger partial charge in [0.15, 0.2) is 0 Å². The third-order valence-corrected chi connectivity index (χ3v) is 3.01. The molecular formula is C15H24N2O. The Morgan fingerprint density at radius 3 is 2.56 bits per heavy atom. The van der Waals surface area contributed by atoms with Crippen molar-refractivity contribution in [1.29, 1.82) is 0 Å². The van der Waals surface area contributed by atoms with Crippen LogP contribution in [0.4, 0.5) is 0 Å². The van der Waals surface area contributed by atoms with E-state index >= 15 is 0 Å². The third-order valence-electron chi connectivity index (χ3n) is 3.01. The summed E-state index contributed by atoms with van der Waals surface area (Å²) in [6.45, 7) is 7.57. The first-order chi connectivity index (χ1) is 8.61. The maximum Gasteiger partial charge on any atom is 0.254 e. The molecule has 0 radical (unpaired) electrons. The van der Waals surface area contributed by atoms with Crippen LogP contribution in [0, 0.1) is 0 Å². The van der Waals surface area contributed by atoms with Gasteiger partial charge in [0.2, 0.25) is 0 Å². The molecule has 1 aromatic rings. The van der Waals surface area contributed by atoms with Crippen molar-refractivity contribution in [3.63, 3.8) is 0 Å². The van der Waals surface area contributed by atoms with Crippen molar-refractivity contribution in [1.82, 2.24) is 4.90 Å². The van der Waals surface area contributed by atoms with E-state index < -0.39 is 0 Å². The minimum atomic E-state index is 0.121. The molecule has 18 heavy (non-hydrogen) atoms. The van der Waals surface area contributed by atoms with Crippen molar-refractivity contribution in [3.8, 4) is 0 Å². The second-order valence-corrected chi connectivity index (χ2v) is 4.79. The SMILES string of the molecule is CCCN(C(=O)c1ccccc1CCN)C(C)C. The van der Waals surface area contributed by atoms with Gasteiger partial charge in [-0.1, -0.05) is 25.1 Å². The van der Waals surface area contributed by atoms with Crippen molar-refractivity contribution in [2.24, 2.45) is 5.73 Å². The van der Waals surface area contributed by atoms with Crippen molar-refractivity contribution in [2.45, 2.75) is 39.7 Å². The molecule has 3 nitrogen and oxygen atoms in total. The molecule has 0 saturated heterocycles. The lowest BCUT2D eigenvalue weighted by atomic mass is 10.0. The first-order valence-corrected chi connectivity index (χ1v) is 6.70. The second kappa shape index (κ2) is 7.17. The van der Waals surface area contributed by atoms with Gasteiger partial charge >= 0.3 is 0 Å². The van der Waals surface area contributed by atoms with Crippen LogP contribution in [-0.4, -0.2) is 29.9 Å². The predicted molar refractivity (Wildman–Crippen MR) is 75.7 cm³/mol. The Morgan fingerprint density at radius 2 is 2.00 bits per heavy atom. The molecule has 2 N–H and O–H groups in total. The quantitative estimate of drug-likeness (QED) is 0.840. The lowest BCUT2D eigenvalue weighted by Gasteiger charge is -2.27. The molecule has 0 atom stereocenters. The number of nitrogens with two attached hydrogens (primary N) is 1.